The lowest BCUT2D eigenvalue weighted by atomic mass is 9.92. The van der Waals surface area contributed by atoms with Gasteiger partial charge in [-0.25, -0.2) is 4.79 Å². The minimum Gasteiger partial charge on any atom is -0.410 e. The van der Waals surface area contributed by atoms with Crippen molar-refractivity contribution in [1.82, 2.24) is 15.3 Å². The number of unbranched alkanes of at least 4 members (excludes halogenated alkanes) is 2. The number of benzene rings is 2. The van der Waals surface area contributed by atoms with Gasteiger partial charge in [-0.05, 0) is 80.2 Å². The summed E-state index contributed by atoms with van der Waals surface area (Å²) in [7, 11) is 0. The number of pyridine rings is 1. The van der Waals surface area contributed by atoms with E-state index in [9.17, 15) is 4.79 Å². The van der Waals surface area contributed by atoms with E-state index in [-0.39, 0.29) is 0 Å². The van der Waals surface area contributed by atoms with Gasteiger partial charge in [-0.1, -0.05) is 18.2 Å². The Morgan fingerprint density at radius 3 is 2.85 bits per heavy atom. The van der Waals surface area contributed by atoms with Gasteiger partial charge in [0.05, 0.1) is 5.52 Å². The average Bonchev–Trinajstić information content (AvgIpc) is 3.31. The predicted octanol–water partition coefficient (Wildman–Crippen LogP) is 5.97. The van der Waals surface area contributed by atoms with Crippen LogP contribution in [0.25, 0.3) is 21.8 Å². The molecule has 6 heteroatoms. The number of ether oxygens (including phenoxy) is 1. The van der Waals surface area contributed by atoms with E-state index in [4.69, 9.17) is 9.72 Å². The van der Waals surface area contributed by atoms with E-state index >= 15 is 0 Å². The van der Waals surface area contributed by atoms with Gasteiger partial charge in [0.2, 0.25) is 0 Å². The second-order valence-corrected chi connectivity index (χ2v) is 8.67. The monoisotopic (exact) mass is 442 g/mol. The van der Waals surface area contributed by atoms with Gasteiger partial charge in [0, 0.05) is 47.6 Å². The van der Waals surface area contributed by atoms with Gasteiger partial charge in [0.25, 0.3) is 0 Å². The maximum atomic E-state index is 12.1. The van der Waals surface area contributed by atoms with Crippen LogP contribution in [0.5, 0.6) is 5.75 Å². The number of aromatic nitrogens is 2. The number of carbonyl (C=O) groups is 1. The number of aromatic amines is 1. The number of carbonyl (C=O) groups excluding carboxylic acids is 1. The van der Waals surface area contributed by atoms with Crippen LogP contribution in [0.3, 0.4) is 0 Å². The van der Waals surface area contributed by atoms with Gasteiger partial charge >= 0.3 is 6.09 Å². The van der Waals surface area contributed by atoms with Crippen molar-refractivity contribution in [3.05, 3.63) is 66.0 Å². The Morgan fingerprint density at radius 1 is 1.00 bits per heavy atom. The molecule has 0 bridgehead atoms. The molecular formula is C27H30N4O2. The molecule has 5 rings (SSSR count). The largest absolute Gasteiger partial charge is 0.412 e. The van der Waals surface area contributed by atoms with Crippen molar-refractivity contribution >= 4 is 33.6 Å². The summed E-state index contributed by atoms with van der Waals surface area (Å²) in [6.45, 7) is 1.53. The molecule has 4 aromatic rings. The average molecular weight is 443 g/mol. The predicted molar refractivity (Wildman–Crippen MR) is 133 cm³/mol. The molecule has 0 radical (unpaired) electrons. The van der Waals surface area contributed by atoms with Crippen molar-refractivity contribution < 1.29 is 9.53 Å². The number of nitrogens with zero attached hydrogens (tertiary/aromatic N) is 1. The topological polar surface area (TPSA) is 79.0 Å². The van der Waals surface area contributed by atoms with Crippen LogP contribution >= 0.6 is 0 Å². The highest BCUT2D eigenvalue weighted by molar-refractivity contribution is 5.93. The van der Waals surface area contributed by atoms with Gasteiger partial charge in [0.15, 0.2) is 0 Å². The fraction of sp³-hybridized carbons (Fsp3) is 0.333. The summed E-state index contributed by atoms with van der Waals surface area (Å²) in [6.07, 6.45) is 9.12. The Labute approximate surface area is 193 Å². The third-order valence-electron chi connectivity index (χ3n) is 6.33. The fourth-order valence-electron chi connectivity index (χ4n) is 4.64. The molecule has 3 N–H and O–H groups in total. The molecule has 0 unspecified atom stereocenters. The Hall–Kier alpha value is -3.54. The van der Waals surface area contributed by atoms with Crippen LogP contribution in [0.1, 0.15) is 43.4 Å². The summed E-state index contributed by atoms with van der Waals surface area (Å²) in [6, 6.07) is 16.0. The first-order valence-corrected chi connectivity index (χ1v) is 11.9. The van der Waals surface area contributed by atoms with Crippen LogP contribution in [-0.4, -0.2) is 29.2 Å². The Balaban J connectivity index is 1.06. The summed E-state index contributed by atoms with van der Waals surface area (Å²) in [5.74, 6) is 0.541. The highest BCUT2D eigenvalue weighted by Gasteiger charge is 2.17. The van der Waals surface area contributed by atoms with Gasteiger partial charge in [-0.3, -0.25) is 4.98 Å². The van der Waals surface area contributed by atoms with E-state index in [1.807, 2.05) is 30.5 Å². The molecule has 2 aromatic carbocycles. The van der Waals surface area contributed by atoms with E-state index in [0.717, 1.165) is 55.1 Å². The van der Waals surface area contributed by atoms with E-state index < -0.39 is 6.09 Å². The zero-order valence-corrected chi connectivity index (χ0v) is 18.8. The maximum absolute atomic E-state index is 12.1. The normalized spacial score (nSPS) is 13.1. The Kier molecular flexibility index (Phi) is 6.42. The van der Waals surface area contributed by atoms with Gasteiger partial charge in [0.1, 0.15) is 5.75 Å². The van der Waals surface area contributed by atoms with E-state index in [0.29, 0.717) is 12.3 Å². The first-order valence-electron chi connectivity index (χ1n) is 11.9. The third-order valence-corrected chi connectivity index (χ3v) is 6.33. The summed E-state index contributed by atoms with van der Waals surface area (Å²) in [5, 5.41) is 8.87. The summed E-state index contributed by atoms with van der Waals surface area (Å²) < 4.78 is 5.38. The SMILES string of the molecule is O=C(NCCCCCNc1c2c(nc3ccccc13)CCCC2)Oc1ccc2cc[nH]c2c1. The fourth-order valence-corrected chi connectivity index (χ4v) is 4.64. The highest BCUT2D eigenvalue weighted by Crippen LogP contribution is 2.33. The Morgan fingerprint density at radius 2 is 1.88 bits per heavy atom. The quantitative estimate of drug-likeness (QED) is 0.294. The zero-order valence-electron chi connectivity index (χ0n) is 18.8. The zero-order chi connectivity index (χ0) is 22.5. The molecule has 1 amide bonds. The lowest BCUT2D eigenvalue weighted by molar-refractivity contribution is 0.200. The molecule has 0 aliphatic heterocycles. The van der Waals surface area contributed by atoms with E-state index in [1.165, 1.54) is 35.2 Å². The van der Waals surface area contributed by atoms with Gasteiger partial charge < -0.3 is 20.4 Å². The summed E-state index contributed by atoms with van der Waals surface area (Å²) in [5.41, 5.74) is 5.98. The number of rotatable bonds is 8. The minimum atomic E-state index is -0.408. The molecule has 1 aliphatic rings. The van der Waals surface area contributed by atoms with Crippen molar-refractivity contribution in [2.24, 2.45) is 0 Å². The molecule has 2 aromatic heterocycles. The van der Waals surface area contributed by atoms with Crippen molar-refractivity contribution in [2.75, 3.05) is 18.4 Å². The Bertz CT molecular complexity index is 1260. The molecule has 170 valence electrons. The minimum absolute atomic E-state index is 0.408. The summed E-state index contributed by atoms with van der Waals surface area (Å²) in [4.78, 5) is 20.1. The first-order chi connectivity index (χ1) is 16.3. The van der Waals surface area contributed by atoms with Crippen LogP contribution in [-0.2, 0) is 12.8 Å². The number of aryl methyl sites for hydroxylation is 1. The molecular weight excluding hydrogens is 412 g/mol. The second-order valence-electron chi connectivity index (χ2n) is 8.67. The van der Waals surface area contributed by atoms with E-state index in [1.54, 1.807) is 0 Å². The lowest BCUT2D eigenvalue weighted by Crippen LogP contribution is -2.27. The number of H-pyrrole nitrogens is 1. The lowest BCUT2D eigenvalue weighted by Gasteiger charge is -2.21. The van der Waals surface area contributed by atoms with Crippen molar-refractivity contribution in [3.63, 3.8) is 0 Å². The van der Waals surface area contributed by atoms with Crippen LogP contribution < -0.4 is 15.4 Å². The number of nitrogens with one attached hydrogen (secondary N) is 3. The number of amides is 1. The summed E-state index contributed by atoms with van der Waals surface area (Å²) >= 11 is 0. The van der Waals surface area contributed by atoms with Crippen molar-refractivity contribution in [1.29, 1.82) is 0 Å². The van der Waals surface area contributed by atoms with Gasteiger partial charge in [-0.2, -0.15) is 0 Å². The maximum Gasteiger partial charge on any atom is 0.412 e. The standard InChI is InChI=1S/C27H30N4O2/c32-27(33-20-13-12-19-14-17-28-25(19)18-20)30-16-7-1-6-15-29-26-21-8-2-4-10-23(21)31-24-11-5-3-9-22(24)26/h2,4,8,10,12-14,17-18,28H,1,3,5-7,9,11,15-16H2,(H,29,31)(H,30,32). The molecule has 0 atom stereocenters. The number of hydrogen-bond acceptors (Lipinski definition) is 4. The first kappa shape index (κ1) is 21.3. The van der Waals surface area contributed by atoms with E-state index in [2.05, 4.69) is 39.9 Å². The van der Waals surface area contributed by atoms with Gasteiger partial charge in [-0.15, -0.1) is 0 Å². The molecule has 33 heavy (non-hydrogen) atoms. The van der Waals surface area contributed by atoms with Crippen LogP contribution in [0, 0.1) is 0 Å². The molecule has 1 aliphatic carbocycles. The molecule has 0 saturated heterocycles. The second kappa shape index (κ2) is 9.94. The number of para-hydroxylation sites is 1. The molecule has 0 saturated carbocycles. The molecule has 2 heterocycles. The number of hydrogen-bond donors (Lipinski definition) is 3. The number of fused-ring (bicyclic) bond motifs is 3. The van der Waals surface area contributed by atoms with Crippen LogP contribution in [0.15, 0.2) is 54.7 Å². The smallest absolute Gasteiger partial charge is 0.410 e. The molecule has 6 nitrogen and oxygen atoms in total. The van der Waals surface area contributed by atoms with Crippen molar-refractivity contribution in [3.8, 4) is 5.75 Å². The highest BCUT2D eigenvalue weighted by atomic mass is 16.6. The van der Waals surface area contributed by atoms with Crippen molar-refractivity contribution in [2.45, 2.75) is 44.9 Å². The van der Waals surface area contributed by atoms with Crippen LogP contribution in [0.4, 0.5) is 10.5 Å². The molecule has 0 spiro atoms. The number of anilines is 1. The van der Waals surface area contributed by atoms with Crippen LogP contribution in [0.2, 0.25) is 0 Å². The molecule has 0 fully saturated rings. The third kappa shape index (κ3) is 4.95.